The number of carbonyl (C=O) groups excluding carboxylic acids is 1. The molecule has 16 heavy (non-hydrogen) atoms. The second-order valence-corrected chi connectivity index (χ2v) is 4.65. The zero-order valence-corrected chi connectivity index (χ0v) is 11.1. The minimum Gasteiger partial charge on any atom is -0.460 e. The van der Waals surface area contributed by atoms with Crippen LogP contribution < -0.4 is 4.31 Å². The van der Waals surface area contributed by atoms with Crippen molar-refractivity contribution in [3.8, 4) is 0 Å². The number of furan rings is 1. The minimum atomic E-state index is 0.650. The van der Waals surface area contributed by atoms with Crippen LogP contribution in [0.5, 0.6) is 0 Å². The van der Waals surface area contributed by atoms with E-state index in [1.54, 1.807) is 6.07 Å². The highest BCUT2D eigenvalue weighted by atomic mass is 79.9. The van der Waals surface area contributed by atoms with Crippen molar-refractivity contribution in [2.75, 3.05) is 4.31 Å². The summed E-state index contributed by atoms with van der Waals surface area (Å²) in [5, 5.41) is 0.960. The maximum Gasteiger partial charge on any atom is 0.224 e. The zero-order chi connectivity index (χ0) is 11.7. The quantitative estimate of drug-likeness (QED) is 0.694. The summed E-state index contributed by atoms with van der Waals surface area (Å²) in [6.45, 7) is 2.03. The second kappa shape index (κ2) is 4.51. The van der Waals surface area contributed by atoms with Gasteiger partial charge < -0.3 is 4.42 Å². The van der Waals surface area contributed by atoms with Crippen LogP contribution in [-0.4, -0.2) is 6.41 Å². The van der Waals surface area contributed by atoms with E-state index in [1.165, 1.54) is 4.31 Å². The van der Waals surface area contributed by atoms with Gasteiger partial charge in [0.25, 0.3) is 0 Å². The number of anilines is 1. The lowest BCUT2D eigenvalue weighted by Gasteiger charge is -2.09. The largest absolute Gasteiger partial charge is 0.460 e. The molecule has 0 aliphatic heterocycles. The van der Waals surface area contributed by atoms with Crippen LogP contribution in [0.3, 0.4) is 0 Å². The van der Waals surface area contributed by atoms with Crippen LogP contribution in [0.4, 0.5) is 5.69 Å². The summed E-state index contributed by atoms with van der Waals surface area (Å²) >= 11 is 7.45. The molecule has 0 bridgehead atoms. The summed E-state index contributed by atoms with van der Waals surface area (Å²) in [4.78, 5) is 10.6. The van der Waals surface area contributed by atoms with Crippen LogP contribution in [0.1, 0.15) is 12.7 Å². The Bertz CT molecular complexity index is 538. The summed E-state index contributed by atoms with van der Waals surface area (Å²) in [6, 6.07) is 5.63. The molecule has 0 unspecified atom stereocenters. The van der Waals surface area contributed by atoms with Gasteiger partial charge >= 0.3 is 0 Å². The molecule has 2 aromatic rings. The fourth-order valence-corrected chi connectivity index (χ4v) is 2.18. The molecule has 0 aliphatic rings. The highest BCUT2D eigenvalue weighted by Gasteiger charge is 2.10. The average Bonchev–Trinajstić information content (AvgIpc) is 2.71. The zero-order valence-electron chi connectivity index (χ0n) is 8.61. The summed E-state index contributed by atoms with van der Waals surface area (Å²) in [6.07, 6.45) is 1.49. The third kappa shape index (κ3) is 1.97. The summed E-state index contributed by atoms with van der Waals surface area (Å²) < 4.78 is 7.68. The third-order valence-electron chi connectivity index (χ3n) is 2.32. The Morgan fingerprint density at radius 2 is 2.25 bits per heavy atom. The van der Waals surface area contributed by atoms with E-state index in [-0.39, 0.29) is 0 Å². The van der Waals surface area contributed by atoms with Crippen LogP contribution in [-0.2, 0) is 11.2 Å². The van der Waals surface area contributed by atoms with Crippen molar-refractivity contribution in [2.45, 2.75) is 13.3 Å². The van der Waals surface area contributed by atoms with E-state index >= 15 is 0 Å². The standard InChI is InChI=1S/C11H10BrNO2S/c1-2-9-4-7-3-8(13(16)6-14)5-10(12)11(7)15-9/h3-6,16H,2H2,1H3. The van der Waals surface area contributed by atoms with Gasteiger partial charge in [-0.2, -0.15) is 0 Å². The monoisotopic (exact) mass is 299 g/mol. The molecule has 0 aliphatic carbocycles. The Hall–Kier alpha value is -0.940. The van der Waals surface area contributed by atoms with Gasteiger partial charge in [0.2, 0.25) is 6.41 Å². The molecule has 2 rings (SSSR count). The predicted molar refractivity (Wildman–Crippen MR) is 70.8 cm³/mol. The lowest BCUT2D eigenvalue weighted by molar-refractivity contribution is -0.106. The van der Waals surface area contributed by atoms with Gasteiger partial charge in [-0.05, 0) is 34.1 Å². The van der Waals surface area contributed by atoms with Gasteiger partial charge in [0.15, 0.2) is 0 Å². The fraction of sp³-hybridized carbons (Fsp3) is 0.182. The maximum absolute atomic E-state index is 10.6. The molecule has 1 heterocycles. The van der Waals surface area contributed by atoms with Gasteiger partial charge in [-0.25, -0.2) is 0 Å². The Kier molecular flexibility index (Phi) is 3.25. The number of aryl methyl sites for hydroxylation is 1. The number of fused-ring (bicyclic) bond motifs is 1. The number of benzene rings is 1. The van der Waals surface area contributed by atoms with Crippen molar-refractivity contribution in [3.63, 3.8) is 0 Å². The van der Waals surface area contributed by atoms with Gasteiger partial charge in [-0.1, -0.05) is 19.7 Å². The van der Waals surface area contributed by atoms with E-state index in [0.29, 0.717) is 12.1 Å². The molecule has 1 aromatic carbocycles. The summed E-state index contributed by atoms with van der Waals surface area (Å²) in [5.41, 5.74) is 1.51. The number of thiol groups is 1. The Balaban J connectivity index is 2.61. The molecule has 0 spiro atoms. The number of halogens is 1. The molecule has 0 saturated heterocycles. The van der Waals surface area contributed by atoms with Crippen LogP contribution in [0.25, 0.3) is 11.0 Å². The highest BCUT2D eigenvalue weighted by molar-refractivity contribution is 9.10. The van der Waals surface area contributed by atoms with Crippen molar-refractivity contribution < 1.29 is 9.21 Å². The lowest BCUT2D eigenvalue weighted by Crippen LogP contribution is -2.05. The topological polar surface area (TPSA) is 33.5 Å². The van der Waals surface area contributed by atoms with Crippen LogP contribution in [0.2, 0.25) is 0 Å². The van der Waals surface area contributed by atoms with E-state index in [0.717, 1.165) is 27.6 Å². The van der Waals surface area contributed by atoms with Gasteiger partial charge in [0, 0.05) is 11.8 Å². The van der Waals surface area contributed by atoms with E-state index in [4.69, 9.17) is 4.42 Å². The van der Waals surface area contributed by atoms with E-state index in [1.807, 2.05) is 19.1 Å². The molecule has 0 saturated carbocycles. The highest BCUT2D eigenvalue weighted by Crippen LogP contribution is 2.32. The fourth-order valence-electron chi connectivity index (χ4n) is 1.52. The second-order valence-electron chi connectivity index (χ2n) is 3.36. The molecule has 1 amide bonds. The molecular formula is C11H10BrNO2S. The number of rotatable bonds is 3. The lowest BCUT2D eigenvalue weighted by atomic mass is 10.2. The van der Waals surface area contributed by atoms with Crippen LogP contribution >= 0.6 is 28.7 Å². The molecule has 3 nitrogen and oxygen atoms in total. The number of nitrogens with zero attached hydrogens (tertiary/aromatic N) is 1. The Morgan fingerprint density at radius 3 is 2.88 bits per heavy atom. The number of carbonyl (C=O) groups is 1. The van der Waals surface area contributed by atoms with Crippen molar-refractivity contribution in [3.05, 3.63) is 28.4 Å². The molecule has 84 valence electrons. The van der Waals surface area contributed by atoms with E-state index in [2.05, 4.69) is 28.7 Å². The van der Waals surface area contributed by atoms with Crippen molar-refractivity contribution in [1.82, 2.24) is 0 Å². The molecule has 0 fully saturated rings. The van der Waals surface area contributed by atoms with Gasteiger partial charge in [-0.15, -0.1) is 0 Å². The Morgan fingerprint density at radius 1 is 1.50 bits per heavy atom. The average molecular weight is 300 g/mol. The third-order valence-corrected chi connectivity index (χ3v) is 3.23. The molecular weight excluding hydrogens is 290 g/mol. The summed E-state index contributed by atoms with van der Waals surface area (Å²) in [5.74, 6) is 0.921. The molecule has 0 radical (unpaired) electrons. The molecule has 1 aromatic heterocycles. The number of amides is 1. The first-order valence-corrected chi connectivity index (χ1v) is 6.00. The maximum atomic E-state index is 10.6. The SMILES string of the molecule is CCc1cc2cc(N(S)C=O)cc(Br)c2o1. The first-order valence-electron chi connectivity index (χ1n) is 4.81. The minimum absolute atomic E-state index is 0.650. The van der Waals surface area contributed by atoms with Gasteiger partial charge in [-0.3, -0.25) is 9.10 Å². The first kappa shape index (κ1) is 11.5. The number of hydrogen-bond donors (Lipinski definition) is 1. The molecule has 0 atom stereocenters. The predicted octanol–water partition coefficient (Wildman–Crippen LogP) is 3.57. The Labute approximate surface area is 107 Å². The number of hydrogen-bond acceptors (Lipinski definition) is 3. The molecule has 5 heteroatoms. The van der Waals surface area contributed by atoms with Gasteiger partial charge in [0.05, 0.1) is 10.2 Å². The van der Waals surface area contributed by atoms with Crippen molar-refractivity contribution in [1.29, 1.82) is 0 Å². The smallest absolute Gasteiger partial charge is 0.224 e. The van der Waals surface area contributed by atoms with Crippen LogP contribution in [0, 0.1) is 0 Å². The van der Waals surface area contributed by atoms with E-state index < -0.39 is 0 Å². The summed E-state index contributed by atoms with van der Waals surface area (Å²) in [7, 11) is 0. The first-order chi connectivity index (χ1) is 7.65. The molecule has 0 N–H and O–H groups in total. The van der Waals surface area contributed by atoms with Gasteiger partial charge in [0.1, 0.15) is 11.3 Å². The van der Waals surface area contributed by atoms with E-state index in [9.17, 15) is 4.79 Å². The van der Waals surface area contributed by atoms with Crippen molar-refractivity contribution in [2.24, 2.45) is 0 Å². The van der Waals surface area contributed by atoms with Crippen LogP contribution in [0.15, 0.2) is 27.1 Å². The van der Waals surface area contributed by atoms with Crippen molar-refractivity contribution >= 4 is 51.8 Å². The normalized spacial score (nSPS) is 10.7.